The molecule has 3 aromatic rings. The summed E-state index contributed by atoms with van der Waals surface area (Å²) in [5.74, 6) is 0.287. The van der Waals surface area contributed by atoms with E-state index >= 15 is 0 Å². The van der Waals surface area contributed by atoms with Gasteiger partial charge in [0.05, 0.1) is 9.26 Å². The molecule has 3 N–H and O–H groups in total. The highest BCUT2D eigenvalue weighted by Gasteiger charge is 2.11. The number of aromatic nitrogens is 3. The van der Waals surface area contributed by atoms with Crippen LogP contribution in [0.1, 0.15) is 0 Å². The van der Waals surface area contributed by atoms with Gasteiger partial charge in [0, 0.05) is 33.3 Å². The maximum Gasteiger partial charge on any atom is 0.220 e. The minimum absolute atomic E-state index is 0.287. The molecular formula is C12H8BrIN4. The second-order valence-electron chi connectivity index (χ2n) is 3.82. The minimum atomic E-state index is 0.287. The number of halogens is 2. The fourth-order valence-corrected chi connectivity index (χ4v) is 2.77. The van der Waals surface area contributed by atoms with E-state index < -0.39 is 0 Å². The smallest absolute Gasteiger partial charge is 0.220 e. The second kappa shape index (κ2) is 4.51. The van der Waals surface area contributed by atoms with Crippen LogP contribution in [0.4, 0.5) is 5.95 Å². The maximum atomic E-state index is 5.66. The third-order valence-electron chi connectivity index (χ3n) is 2.66. The van der Waals surface area contributed by atoms with E-state index in [4.69, 9.17) is 5.73 Å². The van der Waals surface area contributed by atoms with Gasteiger partial charge < -0.3 is 10.7 Å². The molecule has 0 amide bonds. The maximum absolute atomic E-state index is 5.66. The van der Waals surface area contributed by atoms with E-state index in [1.54, 1.807) is 6.20 Å². The summed E-state index contributed by atoms with van der Waals surface area (Å²) in [6.45, 7) is 0. The highest BCUT2D eigenvalue weighted by atomic mass is 127. The van der Waals surface area contributed by atoms with Gasteiger partial charge in [0.1, 0.15) is 0 Å². The molecule has 90 valence electrons. The predicted molar refractivity (Wildman–Crippen MR) is 84.2 cm³/mol. The van der Waals surface area contributed by atoms with Gasteiger partial charge in [-0.15, -0.1) is 0 Å². The molecule has 0 aliphatic rings. The Balaban J connectivity index is 2.31. The lowest BCUT2D eigenvalue weighted by Crippen LogP contribution is -1.97. The number of rotatable bonds is 1. The molecule has 0 aliphatic carbocycles. The van der Waals surface area contributed by atoms with Gasteiger partial charge in [-0.25, -0.2) is 9.97 Å². The lowest BCUT2D eigenvalue weighted by Gasteiger charge is -2.03. The molecule has 2 heterocycles. The monoisotopic (exact) mass is 414 g/mol. The average Bonchev–Trinajstić information content (AvgIpc) is 2.75. The molecule has 18 heavy (non-hydrogen) atoms. The Morgan fingerprint density at radius 1 is 1.33 bits per heavy atom. The number of hydrogen-bond donors (Lipinski definition) is 2. The molecular weight excluding hydrogens is 407 g/mol. The summed E-state index contributed by atoms with van der Waals surface area (Å²) in [6.07, 6.45) is 3.68. The first-order valence-corrected chi connectivity index (χ1v) is 7.07. The molecule has 0 atom stereocenters. The molecule has 0 bridgehead atoms. The Morgan fingerprint density at radius 2 is 2.17 bits per heavy atom. The van der Waals surface area contributed by atoms with Crippen molar-refractivity contribution < 1.29 is 0 Å². The molecule has 6 heteroatoms. The van der Waals surface area contributed by atoms with E-state index in [-0.39, 0.29) is 5.95 Å². The lowest BCUT2D eigenvalue weighted by atomic mass is 10.1. The fourth-order valence-electron chi connectivity index (χ4n) is 1.86. The highest BCUT2D eigenvalue weighted by molar-refractivity contribution is 14.1. The minimum Gasteiger partial charge on any atom is -0.368 e. The molecule has 0 radical (unpaired) electrons. The van der Waals surface area contributed by atoms with E-state index in [1.165, 1.54) is 0 Å². The number of H-pyrrole nitrogens is 1. The molecule has 4 nitrogen and oxygen atoms in total. The predicted octanol–water partition coefficient (Wildman–Crippen LogP) is 3.57. The molecule has 0 saturated heterocycles. The van der Waals surface area contributed by atoms with Crippen molar-refractivity contribution in [2.24, 2.45) is 0 Å². The zero-order valence-electron chi connectivity index (χ0n) is 9.11. The van der Waals surface area contributed by atoms with Gasteiger partial charge in [-0.3, -0.25) is 0 Å². The molecule has 2 aromatic heterocycles. The average molecular weight is 415 g/mol. The van der Waals surface area contributed by atoms with E-state index in [0.717, 1.165) is 30.2 Å². The number of nitrogens with one attached hydrogen (secondary N) is 1. The SMILES string of the molecule is Nc1ncc(I)c(-c2c[nH]c3ccc(Br)cc23)n1. The van der Waals surface area contributed by atoms with Crippen LogP contribution in [-0.4, -0.2) is 15.0 Å². The van der Waals surface area contributed by atoms with Crippen molar-refractivity contribution in [3.63, 3.8) is 0 Å². The van der Waals surface area contributed by atoms with Crippen molar-refractivity contribution in [3.05, 3.63) is 38.6 Å². The number of hydrogen-bond acceptors (Lipinski definition) is 3. The van der Waals surface area contributed by atoms with Crippen molar-refractivity contribution in [2.75, 3.05) is 5.73 Å². The largest absolute Gasteiger partial charge is 0.368 e. The van der Waals surface area contributed by atoms with Crippen LogP contribution >= 0.6 is 38.5 Å². The number of nitrogens with two attached hydrogens (primary N) is 1. The van der Waals surface area contributed by atoms with Crippen molar-refractivity contribution in [1.29, 1.82) is 0 Å². The normalized spacial score (nSPS) is 11.0. The molecule has 0 unspecified atom stereocenters. The Kier molecular flexibility index (Phi) is 2.98. The van der Waals surface area contributed by atoms with E-state index in [1.807, 2.05) is 18.3 Å². The standard InChI is InChI=1S/C12H8BrIN4/c13-6-1-2-10-7(3-6)8(4-16-10)11-9(14)5-17-12(15)18-11/h1-5,16H,(H2,15,17,18). The number of nitrogen functional groups attached to an aromatic ring is 1. The third-order valence-corrected chi connectivity index (χ3v) is 3.94. The van der Waals surface area contributed by atoms with E-state index in [0.29, 0.717) is 0 Å². The summed E-state index contributed by atoms with van der Waals surface area (Å²) in [7, 11) is 0. The topological polar surface area (TPSA) is 67.6 Å². The van der Waals surface area contributed by atoms with Crippen molar-refractivity contribution in [3.8, 4) is 11.3 Å². The fraction of sp³-hybridized carbons (Fsp3) is 0. The Morgan fingerprint density at radius 3 is 3.00 bits per heavy atom. The van der Waals surface area contributed by atoms with Crippen LogP contribution in [0.2, 0.25) is 0 Å². The summed E-state index contributed by atoms with van der Waals surface area (Å²) < 4.78 is 2.01. The first kappa shape index (κ1) is 11.9. The summed E-state index contributed by atoms with van der Waals surface area (Å²) in [5, 5.41) is 1.11. The van der Waals surface area contributed by atoms with Crippen LogP contribution in [0, 0.1) is 3.57 Å². The molecule has 0 aliphatic heterocycles. The lowest BCUT2D eigenvalue weighted by molar-refractivity contribution is 1.17. The highest BCUT2D eigenvalue weighted by Crippen LogP contribution is 2.32. The van der Waals surface area contributed by atoms with Crippen molar-refractivity contribution in [2.45, 2.75) is 0 Å². The number of anilines is 1. The zero-order valence-corrected chi connectivity index (χ0v) is 12.9. The molecule has 0 fully saturated rings. The molecule has 1 aromatic carbocycles. The van der Waals surface area contributed by atoms with Crippen LogP contribution in [0.3, 0.4) is 0 Å². The van der Waals surface area contributed by atoms with Gasteiger partial charge in [0.15, 0.2) is 0 Å². The summed E-state index contributed by atoms with van der Waals surface area (Å²) in [6, 6.07) is 6.10. The Labute approximate surface area is 125 Å². The van der Waals surface area contributed by atoms with Crippen LogP contribution in [0.15, 0.2) is 35.1 Å². The van der Waals surface area contributed by atoms with E-state index in [9.17, 15) is 0 Å². The first-order chi connectivity index (χ1) is 8.65. The van der Waals surface area contributed by atoms with Gasteiger partial charge in [-0.05, 0) is 40.8 Å². The third kappa shape index (κ3) is 1.99. The van der Waals surface area contributed by atoms with Crippen LogP contribution < -0.4 is 5.73 Å². The summed E-state index contributed by atoms with van der Waals surface area (Å²) in [5.41, 5.74) is 8.62. The molecule has 0 spiro atoms. The van der Waals surface area contributed by atoms with Crippen molar-refractivity contribution >= 4 is 55.4 Å². The summed E-state index contributed by atoms with van der Waals surface area (Å²) >= 11 is 5.70. The number of aromatic amines is 1. The molecule has 0 saturated carbocycles. The summed E-state index contributed by atoms with van der Waals surface area (Å²) in [4.78, 5) is 11.5. The van der Waals surface area contributed by atoms with Gasteiger partial charge in [-0.2, -0.15) is 0 Å². The van der Waals surface area contributed by atoms with Gasteiger partial charge in [0.2, 0.25) is 5.95 Å². The van der Waals surface area contributed by atoms with Gasteiger partial charge >= 0.3 is 0 Å². The van der Waals surface area contributed by atoms with Crippen LogP contribution in [0.5, 0.6) is 0 Å². The quantitative estimate of drug-likeness (QED) is 0.598. The van der Waals surface area contributed by atoms with Crippen LogP contribution in [0.25, 0.3) is 22.2 Å². The second-order valence-corrected chi connectivity index (χ2v) is 5.89. The van der Waals surface area contributed by atoms with Gasteiger partial charge in [-0.1, -0.05) is 15.9 Å². The zero-order chi connectivity index (χ0) is 12.7. The molecule has 3 rings (SSSR count). The first-order valence-electron chi connectivity index (χ1n) is 5.20. The van der Waals surface area contributed by atoms with Crippen molar-refractivity contribution in [1.82, 2.24) is 15.0 Å². The Bertz CT molecular complexity index is 738. The van der Waals surface area contributed by atoms with E-state index in [2.05, 4.69) is 59.5 Å². The van der Waals surface area contributed by atoms with Gasteiger partial charge in [0.25, 0.3) is 0 Å². The van der Waals surface area contributed by atoms with Crippen LogP contribution in [-0.2, 0) is 0 Å². The number of nitrogens with zero attached hydrogens (tertiary/aromatic N) is 2. The Hall–Kier alpha value is -1.15. The number of fused-ring (bicyclic) bond motifs is 1. The number of benzene rings is 1.